The second-order valence-electron chi connectivity index (χ2n) is 9.06. The van der Waals surface area contributed by atoms with E-state index in [1.807, 2.05) is 25.5 Å². The molecule has 1 N–H and O–H groups in total. The van der Waals surface area contributed by atoms with Crippen LogP contribution in [0.25, 0.3) is 17.2 Å². The van der Waals surface area contributed by atoms with Gasteiger partial charge in [0, 0.05) is 24.7 Å². The number of carbonyl (C=O) groups is 1. The number of hydrogen-bond acceptors (Lipinski definition) is 4. The summed E-state index contributed by atoms with van der Waals surface area (Å²) < 4.78 is 1.79. The number of amides is 1. The summed E-state index contributed by atoms with van der Waals surface area (Å²) in [5, 5.41) is 7.25. The van der Waals surface area contributed by atoms with Crippen molar-refractivity contribution in [2.45, 2.75) is 32.6 Å². The Morgan fingerprint density at radius 1 is 1.27 bits per heavy atom. The molecule has 0 bridgehead atoms. The van der Waals surface area contributed by atoms with Crippen LogP contribution >= 0.6 is 0 Å². The number of aliphatic imine (C=N–C) groups is 1. The van der Waals surface area contributed by atoms with Crippen LogP contribution in [0.15, 0.2) is 41.4 Å². The molecular formula is C24H31N5O. The maximum Gasteiger partial charge on any atom is 0.228 e. The van der Waals surface area contributed by atoms with E-state index in [0.717, 1.165) is 48.2 Å². The van der Waals surface area contributed by atoms with Gasteiger partial charge < -0.3 is 10.2 Å². The fourth-order valence-electron chi connectivity index (χ4n) is 4.71. The molecule has 0 unspecified atom stereocenters. The predicted molar refractivity (Wildman–Crippen MR) is 121 cm³/mol. The zero-order chi connectivity index (χ0) is 21.3. The lowest BCUT2D eigenvalue weighted by atomic mass is 9.57. The number of piperidine rings is 1. The molecule has 1 aromatic carbocycles. The van der Waals surface area contributed by atoms with Gasteiger partial charge in [-0.25, -0.2) is 4.99 Å². The largest absolute Gasteiger partial charge is 0.310 e. The molecule has 1 saturated heterocycles. The standard InChI is InChI=1S/C24H31N5O/c1-17-5-6-18(21-15-26-29(4)16-21)11-19(17)12-22(25-2)27-23(30)20-13-24(14-20)7-9-28(3)10-8-24/h5-6,11-12,15-16,20H,2,7-10,13-14H2,1,3-4H3,(H,27,30)/b22-12+. The monoisotopic (exact) mass is 405 g/mol. The lowest BCUT2D eigenvalue weighted by Crippen LogP contribution is -2.50. The number of nitrogens with zero attached hydrogens (tertiary/aromatic N) is 4. The van der Waals surface area contributed by atoms with Crippen molar-refractivity contribution in [2.24, 2.45) is 23.4 Å². The lowest BCUT2D eigenvalue weighted by Gasteiger charge is -2.51. The Balaban J connectivity index is 1.44. The molecule has 0 atom stereocenters. The summed E-state index contributed by atoms with van der Waals surface area (Å²) in [6, 6.07) is 6.26. The highest BCUT2D eigenvalue weighted by Crippen LogP contribution is 2.52. The number of hydrogen-bond donors (Lipinski definition) is 1. The fraction of sp³-hybridized carbons (Fsp3) is 0.458. The summed E-state index contributed by atoms with van der Waals surface area (Å²) in [6.07, 6.45) is 10.1. The van der Waals surface area contributed by atoms with Crippen molar-refractivity contribution in [3.63, 3.8) is 0 Å². The summed E-state index contributed by atoms with van der Waals surface area (Å²) in [5.74, 6) is 0.663. The van der Waals surface area contributed by atoms with Crippen molar-refractivity contribution >= 4 is 18.7 Å². The Hall–Kier alpha value is -2.73. The quantitative estimate of drug-likeness (QED) is 0.773. The average molecular weight is 406 g/mol. The zero-order valence-electron chi connectivity index (χ0n) is 18.2. The van der Waals surface area contributed by atoms with Crippen LogP contribution < -0.4 is 5.32 Å². The van der Waals surface area contributed by atoms with E-state index in [1.165, 1.54) is 12.8 Å². The minimum absolute atomic E-state index is 0.0688. The Morgan fingerprint density at radius 2 is 2.00 bits per heavy atom. The van der Waals surface area contributed by atoms with Gasteiger partial charge in [0.25, 0.3) is 0 Å². The minimum atomic E-state index is 0.0688. The molecule has 30 heavy (non-hydrogen) atoms. The molecule has 2 heterocycles. The Bertz CT molecular complexity index is 973. The van der Waals surface area contributed by atoms with E-state index < -0.39 is 0 Å². The van der Waals surface area contributed by atoms with Crippen LogP contribution in [0.4, 0.5) is 0 Å². The van der Waals surface area contributed by atoms with E-state index >= 15 is 0 Å². The summed E-state index contributed by atoms with van der Waals surface area (Å²) in [5.41, 5.74) is 4.65. The van der Waals surface area contributed by atoms with E-state index in [1.54, 1.807) is 4.68 Å². The number of likely N-dealkylation sites (tertiary alicyclic amines) is 1. The van der Waals surface area contributed by atoms with Crippen LogP contribution in [0.3, 0.4) is 0 Å². The normalized spacial score (nSPS) is 19.5. The molecule has 6 nitrogen and oxygen atoms in total. The van der Waals surface area contributed by atoms with Gasteiger partial charge >= 0.3 is 0 Å². The lowest BCUT2D eigenvalue weighted by molar-refractivity contribution is -0.134. The first kappa shape index (κ1) is 20.5. The van der Waals surface area contributed by atoms with Gasteiger partial charge in [0.1, 0.15) is 5.82 Å². The number of nitrogens with one attached hydrogen (secondary N) is 1. The Morgan fingerprint density at radius 3 is 2.63 bits per heavy atom. The Kier molecular flexibility index (Phi) is 5.60. The van der Waals surface area contributed by atoms with E-state index in [0.29, 0.717) is 11.2 Å². The van der Waals surface area contributed by atoms with Crippen LogP contribution in [0, 0.1) is 18.3 Å². The molecule has 0 radical (unpaired) electrons. The number of benzene rings is 1. The smallest absolute Gasteiger partial charge is 0.228 e. The van der Waals surface area contributed by atoms with Gasteiger partial charge in [0.15, 0.2) is 0 Å². The molecular weight excluding hydrogens is 374 g/mol. The molecule has 4 rings (SSSR count). The number of aromatic nitrogens is 2. The van der Waals surface area contributed by atoms with Gasteiger partial charge in [0.2, 0.25) is 5.91 Å². The van der Waals surface area contributed by atoms with E-state index in [9.17, 15) is 4.79 Å². The third kappa shape index (κ3) is 4.24. The summed E-state index contributed by atoms with van der Waals surface area (Å²) in [6.45, 7) is 8.00. The second kappa shape index (κ2) is 8.19. The van der Waals surface area contributed by atoms with Crippen LogP contribution in [0.2, 0.25) is 0 Å². The average Bonchev–Trinajstić information content (AvgIpc) is 3.14. The van der Waals surface area contributed by atoms with E-state index in [-0.39, 0.29) is 11.8 Å². The number of aryl methyl sites for hydroxylation is 2. The molecule has 2 fully saturated rings. The van der Waals surface area contributed by atoms with Crippen molar-refractivity contribution in [3.8, 4) is 11.1 Å². The van der Waals surface area contributed by atoms with Crippen molar-refractivity contribution < 1.29 is 4.79 Å². The molecule has 1 aromatic heterocycles. The molecule has 158 valence electrons. The van der Waals surface area contributed by atoms with Gasteiger partial charge in [-0.2, -0.15) is 5.10 Å². The number of rotatable bonds is 5. The third-order valence-electron chi connectivity index (χ3n) is 6.81. The molecule has 1 saturated carbocycles. The molecule has 2 aromatic rings. The van der Waals surface area contributed by atoms with Crippen molar-refractivity contribution in [1.29, 1.82) is 0 Å². The van der Waals surface area contributed by atoms with Crippen molar-refractivity contribution in [3.05, 3.63) is 47.5 Å². The number of carbonyl (C=O) groups excluding carboxylic acids is 1. The highest BCUT2D eigenvalue weighted by atomic mass is 16.2. The van der Waals surface area contributed by atoms with Crippen LogP contribution in [0.1, 0.15) is 36.8 Å². The Labute approximate surface area is 178 Å². The van der Waals surface area contributed by atoms with Gasteiger partial charge in [-0.05, 0) is 93.7 Å². The first-order valence-electron chi connectivity index (χ1n) is 10.6. The molecule has 6 heteroatoms. The van der Waals surface area contributed by atoms with Gasteiger partial charge in [-0.3, -0.25) is 9.48 Å². The predicted octanol–water partition coefficient (Wildman–Crippen LogP) is 3.63. The van der Waals surface area contributed by atoms with Crippen LogP contribution in [-0.2, 0) is 11.8 Å². The minimum Gasteiger partial charge on any atom is -0.310 e. The third-order valence-corrected chi connectivity index (χ3v) is 6.81. The summed E-state index contributed by atoms with van der Waals surface area (Å²) in [7, 11) is 4.08. The fourth-order valence-corrected chi connectivity index (χ4v) is 4.71. The van der Waals surface area contributed by atoms with Gasteiger partial charge in [-0.1, -0.05) is 12.1 Å². The maximum absolute atomic E-state index is 12.8. The first-order chi connectivity index (χ1) is 14.4. The van der Waals surface area contributed by atoms with Gasteiger partial charge in [0.05, 0.1) is 6.20 Å². The second-order valence-corrected chi connectivity index (χ2v) is 9.06. The topological polar surface area (TPSA) is 62.5 Å². The highest BCUT2D eigenvalue weighted by Gasteiger charge is 2.48. The molecule has 1 aliphatic carbocycles. The zero-order valence-corrected chi connectivity index (χ0v) is 18.2. The highest BCUT2D eigenvalue weighted by molar-refractivity contribution is 5.83. The first-order valence-corrected chi connectivity index (χ1v) is 10.6. The molecule has 1 amide bonds. The summed E-state index contributed by atoms with van der Waals surface area (Å²) >= 11 is 0. The van der Waals surface area contributed by atoms with Gasteiger partial charge in [-0.15, -0.1) is 0 Å². The van der Waals surface area contributed by atoms with E-state index in [4.69, 9.17) is 0 Å². The SMILES string of the molecule is C=N/C(=C\c1cc(-c2cnn(C)c2)ccc1C)NC(=O)C1CC2(CCN(C)CC2)C1. The van der Waals surface area contributed by atoms with Crippen molar-refractivity contribution in [2.75, 3.05) is 20.1 Å². The molecule has 1 aliphatic heterocycles. The van der Waals surface area contributed by atoms with Crippen LogP contribution in [0.5, 0.6) is 0 Å². The maximum atomic E-state index is 12.8. The van der Waals surface area contributed by atoms with Crippen molar-refractivity contribution in [1.82, 2.24) is 20.0 Å². The molecule has 2 aliphatic rings. The van der Waals surface area contributed by atoms with E-state index in [2.05, 4.69) is 59.2 Å². The van der Waals surface area contributed by atoms with Crippen LogP contribution in [-0.4, -0.2) is 47.4 Å². The summed E-state index contributed by atoms with van der Waals surface area (Å²) in [4.78, 5) is 19.2. The molecule has 1 spiro atoms.